The molecule has 0 atom stereocenters. The zero-order valence-electron chi connectivity index (χ0n) is 10.5. The molecule has 0 spiro atoms. The highest BCUT2D eigenvalue weighted by molar-refractivity contribution is 5.06. The van der Waals surface area contributed by atoms with Crippen LogP contribution in [0.4, 0.5) is 0 Å². The Morgan fingerprint density at radius 1 is 1.41 bits per heavy atom. The van der Waals surface area contributed by atoms with E-state index in [9.17, 15) is 0 Å². The van der Waals surface area contributed by atoms with Crippen molar-refractivity contribution in [3.63, 3.8) is 0 Å². The minimum atomic E-state index is 0.0916. The monoisotopic (exact) mass is 234 g/mol. The standard InChI is InChI=1S/C12H18N4O/c1-12(2,3)13-6-11-8-16(15-14-11)7-10-4-5-17-9-10/h4-5,8-9,13H,6-7H2,1-3H3. The first-order valence-electron chi connectivity index (χ1n) is 5.68. The quantitative estimate of drug-likeness (QED) is 0.876. The van der Waals surface area contributed by atoms with Crippen molar-refractivity contribution in [2.75, 3.05) is 0 Å². The van der Waals surface area contributed by atoms with E-state index in [0.29, 0.717) is 6.54 Å². The van der Waals surface area contributed by atoms with E-state index in [0.717, 1.165) is 17.8 Å². The van der Waals surface area contributed by atoms with Gasteiger partial charge in [-0.05, 0) is 26.8 Å². The van der Waals surface area contributed by atoms with Crippen LogP contribution in [-0.4, -0.2) is 20.5 Å². The van der Waals surface area contributed by atoms with Crippen molar-refractivity contribution in [3.8, 4) is 0 Å². The molecule has 2 rings (SSSR count). The molecule has 17 heavy (non-hydrogen) atoms. The molecule has 0 fully saturated rings. The number of nitrogens with zero attached hydrogens (tertiary/aromatic N) is 3. The summed E-state index contributed by atoms with van der Waals surface area (Å²) in [6.07, 6.45) is 5.33. The Balaban J connectivity index is 1.92. The van der Waals surface area contributed by atoms with Crippen molar-refractivity contribution in [2.45, 2.75) is 39.4 Å². The van der Waals surface area contributed by atoms with Gasteiger partial charge in [-0.1, -0.05) is 5.21 Å². The van der Waals surface area contributed by atoms with Crippen LogP contribution < -0.4 is 5.32 Å². The SMILES string of the molecule is CC(C)(C)NCc1cn(Cc2ccoc2)nn1. The van der Waals surface area contributed by atoms with Gasteiger partial charge in [0.2, 0.25) is 0 Å². The van der Waals surface area contributed by atoms with Crippen LogP contribution in [-0.2, 0) is 13.1 Å². The van der Waals surface area contributed by atoms with Crippen LogP contribution in [0.3, 0.4) is 0 Å². The predicted octanol–water partition coefficient (Wildman–Crippen LogP) is 1.81. The molecule has 92 valence electrons. The van der Waals surface area contributed by atoms with E-state index in [1.807, 2.05) is 16.9 Å². The summed E-state index contributed by atoms with van der Waals surface area (Å²) in [5.41, 5.74) is 2.13. The van der Waals surface area contributed by atoms with Gasteiger partial charge in [0.05, 0.1) is 31.0 Å². The van der Waals surface area contributed by atoms with Gasteiger partial charge in [-0.3, -0.25) is 0 Å². The summed E-state index contributed by atoms with van der Waals surface area (Å²) < 4.78 is 6.82. The Morgan fingerprint density at radius 2 is 2.24 bits per heavy atom. The molecule has 0 aromatic carbocycles. The van der Waals surface area contributed by atoms with Crippen molar-refractivity contribution >= 4 is 0 Å². The van der Waals surface area contributed by atoms with Crippen LogP contribution in [0, 0.1) is 0 Å². The summed E-state index contributed by atoms with van der Waals surface area (Å²) in [4.78, 5) is 0. The third-order valence-electron chi connectivity index (χ3n) is 2.31. The fourth-order valence-corrected chi connectivity index (χ4v) is 1.42. The highest BCUT2D eigenvalue weighted by Gasteiger charge is 2.10. The number of rotatable bonds is 4. The van der Waals surface area contributed by atoms with Crippen LogP contribution in [0.15, 0.2) is 29.2 Å². The van der Waals surface area contributed by atoms with Gasteiger partial charge < -0.3 is 9.73 Å². The van der Waals surface area contributed by atoms with E-state index < -0.39 is 0 Å². The summed E-state index contributed by atoms with van der Waals surface area (Å²) in [6.45, 7) is 7.81. The van der Waals surface area contributed by atoms with Crippen LogP contribution >= 0.6 is 0 Å². The molecule has 0 saturated carbocycles. The van der Waals surface area contributed by atoms with Gasteiger partial charge in [0.1, 0.15) is 0 Å². The molecule has 0 amide bonds. The van der Waals surface area contributed by atoms with Crippen molar-refractivity contribution < 1.29 is 4.42 Å². The lowest BCUT2D eigenvalue weighted by atomic mass is 10.1. The highest BCUT2D eigenvalue weighted by atomic mass is 16.3. The second kappa shape index (κ2) is 4.71. The van der Waals surface area contributed by atoms with Gasteiger partial charge in [0.15, 0.2) is 0 Å². The van der Waals surface area contributed by atoms with E-state index in [4.69, 9.17) is 4.42 Å². The second-order valence-corrected chi connectivity index (χ2v) is 5.14. The molecule has 0 aliphatic rings. The van der Waals surface area contributed by atoms with Gasteiger partial charge >= 0.3 is 0 Å². The van der Waals surface area contributed by atoms with Gasteiger partial charge in [-0.25, -0.2) is 4.68 Å². The molecule has 5 heteroatoms. The number of hydrogen-bond acceptors (Lipinski definition) is 4. The maximum Gasteiger partial charge on any atom is 0.0965 e. The molecule has 1 N–H and O–H groups in total. The van der Waals surface area contributed by atoms with Crippen LogP contribution in [0.5, 0.6) is 0 Å². The fraction of sp³-hybridized carbons (Fsp3) is 0.500. The average molecular weight is 234 g/mol. The maximum absolute atomic E-state index is 5.01. The van der Waals surface area contributed by atoms with Gasteiger partial charge in [0, 0.05) is 17.6 Å². The van der Waals surface area contributed by atoms with E-state index in [2.05, 4.69) is 36.4 Å². The number of hydrogen-bond donors (Lipinski definition) is 1. The highest BCUT2D eigenvalue weighted by Crippen LogP contribution is 2.04. The first kappa shape index (κ1) is 11.9. The third kappa shape index (κ3) is 3.71. The third-order valence-corrected chi connectivity index (χ3v) is 2.31. The molecule has 0 radical (unpaired) electrons. The van der Waals surface area contributed by atoms with E-state index >= 15 is 0 Å². The Kier molecular flexibility index (Phi) is 3.28. The lowest BCUT2D eigenvalue weighted by Gasteiger charge is -2.19. The molecular weight excluding hydrogens is 216 g/mol. The molecule has 0 bridgehead atoms. The molecule has 0 unspecified atom stereocenters. The molecule has 0 saturated heterocycles. The first-order chi connectivity index (χ1) is 8.03. The number of furan rings is 1. The molecule has 0 aliphatic heterocycles. The summed E-state index contributed by atoms with van der Waals surface area (Å²) in [7, 11) is 0. The fourth-order valence-electron chi connectivity index (χ4n) is 1.42. The van der Waals surface area contributed by atoms with E-state index in [1.165, 1.54) is 0 Å². The first-order valence-corrected chi connectivity index (χ1v) is 5.68. The Labute approximate surface area is 101 Å². The number of aromatic nitrogens is 3. The van der Waals surface area contributed by atoms with Crippen molar-refractivity contribution in [1.82, 2.24) is 20.3 Å². The lowest BCUT2D eigenvalue weighted by molar-refractivity contribution is 0.421. The number of nitrogens with one attached hydrogen (secondary N) is 1. The molecule has 2 aromatic heterocycles. The summed E-state index contributed by atoms with van der Waals surface area (Å²) in [6, 6.07) is 1.93. The molecule has 0 aliphatic carbocycles. The second-order valence-electron chi connectivity index (χ2n) is 5.14. The zero-order valence-corrected chi connectivity index (χ0v) is 10.5. The predicted molar refractivity (Wildman–Crippen MR) is 64.4 cm³/mol. The smallest absolute Gasteiger partial charge is 0.0965 e. The average Bonchev–Trinajstić information content (AvgIpc) is 2.86. The minimum Gasteiger partial charge on any atom is -0.472 e. The van der Waals surface area contributed by atoms with Gasteiger partial charge in [0.25, 0.3) is 0 Å². The molecule has 2 heterocycles. The van der Waals surface area contributed by atoms with Crippen LogP contribution in [0.25, 0.3) is 0 Å². The van der Waals surface area contributed by atoms with Crippen molar-refractivity contribution in [3.05, 3.63) is 36.0 Å². The summed E-state index contributed by atoms with van der Waals surface area (Å²) in [5, 5.41) is 11.6. The van der Waals surface area contributed by atoms with Crippen LogP contribution in [0.1, 0.15) is 32.0 Å². The zero-order chi connectivity index (χ0) is 12.3. The van der Waals surface area contributed by atoms with E-state index in [1.54, 1.807) is 12.5 Å². The Bertz CT molecular complexity index is 453. The molecular formula is C12H18N4O. The molecule has 5 nitrogen and oxygen atoms in total. The van der Waals surface area contributed by atoms with Gasteiger partial charge in [-0.2, -0.15) is 0 Å². The Hall–Kier alpha value is -1.62. The topological polar surface area (TPSA) is 55.9 Å². The molecule has 2 aromatic rings. The lowest BCUT2D eigenvalue weighted by Crippen LogP contribution is -2.35. The maximum atomic E-state index is 5.01. The largest absolute Gasteiger partial charge is 0.472 e. The normalized spacial score (nSPS) is 11.9. The summed E-state index contributed by atoms with van der Waals surface area (Å²) >= 11 is 0. The minimum absolute atomic E-state index is 0.0916. The van der Waals surface area contributed by atoms with Crippen molar-refractivity contribution in [1.29, 1.82) is 0 Å². The van der Waals surface area contributed by atoms with Crippen LogP contribution in [0.2, 0.25) is 0 Å². The summed E-state index contributed by atoms with van der Waals surface area (Å²) in [5.74, 6) is 0. The van der Waals surface area contributed by atoms with Crippen molar-refractivity contribution in [2.24, 2.45) is 0 Å². The Morgan fingerprint density at radius 3 is 2.88 bits per heavy atom. The van der Waals surface area contributed by atoms with Gasteiger partial charge in [-0.15, -0.1) is 5.10 Å². The van der Waals surface area contributed by atoms with E-state index in [-0.39, 0.29) is 5.54 Å².